The lowest BCUT2D eigenvalue weighted by atomic mass is 9.83. The Bertz CT molecular complexity index is 589. The van der Waals surface area contributed by atoms with Crippen LogP contribution in [0.5, 0.6) is 0 Å². The Balaban J connectivity index is 3.49. The van der Waals surface area contributed by atoms with Crippen LogP contribution in [0.4, 0.5) is 5.69 Å². The summed E-state index contributed by atoms with van der Waals surface area (Å²) in [7, 11) is 0. The molecule has 0 heterocycles. The zero-order valence-electron chi connectivity index (χ0n) is 10.6. The van der Waals surface area contributed by atoms with Crippen LogP contribution in [0.15, 0.2) is 12.1 Å². The van der Waals surface area contributed by atoms with Gasteiger partial charge in [-0.25, -0.2) is 4.79 Å². The monoisotopic (exact) mass is 316 g/mol. The standard InChI is InChI=1S/C12H10Cl2N2O4/c1-3-20-11(17)12(2,6-15)10-8(13)4-7(16(18)19)5-9(10)14/h4-5H,3H2,1-2H3. The van der Waals surface area contributed by atoms with E-state index in [1.165, 1.54) is 6.92 Å². The van der Waals surface area contributed by atoms with Crippen molar-refractivity contribution in [1.82, 2.24) is 0 Å². The van der Waals surface area contributed by atoms with E-state index in [4.69, 9.17) is 27.9 Å². The number of carbonyl (C=O) groups excluding carboxylic acids is 1. The van der Waals surface area contributed by atoms with Crippen molar-refractivity contribution >= 4 is 34.9 Å². The van der Waals surface area contributed by atoms with Crippen molar-refractivity contribution in [1.29, 1.82) is 5.26 Å². The molecule has 0 saturated heterocycles. The maximum atomic E-state index is 11.9. The molecule has 0 fully saturated rings. The van der Waals surface area contributed by atoms with Crippen molar-refractivity contribution in [2.24, 2.45) is 0 Å². The molecule has 0 amide bonds. The first-order valence-corrected chi connectivity index (χ1v) is 6.25. The van der Waals surface area contributed by atoms with E-state index in [0.717, 1.165) is 12.1 Å². The van der Waals surface area contributed by atoms with Gasteiger partial charge in [0.05, 0.1) is 27.6 Å². The van der Waals surface area contributed by atoms with Gasteiger partial charge in [0.1, 0.15) is 0 Å². The van der Waals surface area contributed by atoms with Crippen molar-refractivity contribution in [2.45, 2.75) is 19.3 Å². The molecule has 1 aromatic rings. The molecule has 0 radical (unpaired) electrons. The highest BCUT2D eigenvalue weighted by Gasteiger charge is 2.41. The number of hydrogen-bond donors (Lipinski definition) is 0. The molecule has 0 spiro atoms. The second-order valence-electron chi connectivity index (χ2n) is 4.00. The number of nitro benzene ring substituents is 1. The van der Waals surface area contributed by atoms with Crippen LogP contribution >= 0.6 is 23.2 Å². The number of ether oxygens (including phenoxy) is 1. The number of carbonyl (C=O) groups is 1. The minimum absolute atomic E-state index is 0.00705. The summed E-state index contributed by atoms with van der Waals surface area (Å²) in [5.74, 6) is -0.819. The maximum Gasteiger partial charge on any atom is 0.330 e. The number of non-ortho nitro benzene ring substituents is 1. The number of benzene rings is 1. The van der Waals surface area contributed by atoms with Crippen molar-refractivity contribution in [2.75, 3.05) is 6.61 Å². The molecule has 1 rings (SSSR count). The molecule has 8 heteroatoms. The molecule has 0 aromatic heterocycles. The number of hydrogen-bond acceptors (Lipinski definition) is 5. The predicted molar refractivity (Wildman–Crippen MR) is 72.7 cm³/mol. The van der Waals surface area contributed by atoms with E-state index in [9.17, 15) is 20.2 Å². The van der Waals surface area contributed by atoms with Crippen molar-refractivity contribution in [3.63, 3.8) is 0 Å². The number of esters is 1. The number of nitrogens with zero attached hydrogens (tertiary/aromatic N) is 2. The molecule has 0 bridgehead atoms. The number of rotatable bonds is 4. The van der Waals surface area contributed by atoms with Gasteiger partial charge in [0.15, 0.2) is 5.41 Å². The summed E-state index contributed by atoms with van der Waals surface area (Å²) in [6.45, 7) is 2.97. The molecule has 1 unspecified atom stereocenters. The minimum Gasteiger partial charge on any atom is -0.465 e. The number of halogens is 2. The van der Waals surface area contributed by atoms with Gasteiger partial charge >= 0.3 is 5.97 Å². The Morgan fingerprint density at radius 2 is 2.00 bits per heavy atom. The normalized spacial score (nSPS) is 13.2. The Hall–Kier alpha value is -1.84. The van der Waals surface area contributed by atoms with Crippen LogP contribution in [0.3, 0.4) is 0 Å². The van der Waals surface area contributed by atoms with Gasteiger partial charge in [-0.2, -0.15) is 5.26 Å². The molecule has 0 aliphatic rings. The molecule has 1 atom stereocenters. The van der Waals surface area contributed by atoms with E-state index < -0.39 is 16.3 Å². The third-order valence-corrected chi connectivity index (χ3v) is 3.24. The van der Waals surface area contributed by atoms with E-state index in [0.29, 0.717) is 0 Å². The average molecular weight is 317 g/mol. The summed E-state index contributed by atoms with van der Waals surface area (Å²) in [6.07, 6.45) is 0. The molecular formula is C12H10Cl2N2O4. The molecule has 20 heavy (non-hydrogen) atoms. The van der Waals surface area contributed by atoms with Crippen molar-refractivity contribution in [3.05, 3.63) is 37.9 Å². The average Bonchev–Trinajstić information content (AvgIpc) is 2.37. The third-order valence-electron chi connectivity index (χ3n) is 2.64. The minimum atomic E-state index is -1.74. The van der Waals surface area contributed by atoms with E-state index >= 15 is 0 Å². The van der Waals surface area contributed by atoms with Gasteiger partial charge in [-0.05, 0) is 13.8 Å². The molecule has 0 saturated carbocycles. The van der Waals surface area contributed by atoms with Crippen LogP contribution in [0.25, 0.3) is 0 Å². The molecule has 106 valence electrons. The molecule has 0 aliphatic heterocycles. The van der Waals surface area contributed by atoms with E-state index in [1.807, 2.05) is 0 Å². The van der Waals surface area contributed by atoms with Gasteiger partial charge in [0.25, 0.3) is 5.69 Å². The van der Waals surface area contributed by atoms with E-state index in [-0.39, 0.29) is 27.9 Å². The number of nitriles is 1. The van der Waals surface area contributed by atoms with Crippen LogP contribution < -0.4 is 0 Å². The topological polar surface area (TPSA) is 93.2 Å². The Morgan fingerprint density at radius 1 is 1.50 bits per heavy atom. The lowest BCUT2D eigenvalue weighted by Gasteiger charge is -2.22. The fraction of sp³-hybridized carbons (Fsp3) is 0.333. The zero-order chi connectivity index (χ0) is 15.5. The molecule has 6 nitrogen and oxygen atoms in total. The van der Waals surface area contributed by atoms with Gasteiger partial charge < -0.3 is 4.74 Å². The first-order chi connectivity index (χ1) is 9.27. The van der Waals surface area contributed by atoms with Crippen LogP contribution in [-0.4, -0.2) is 17.5 Å². The fourth-order valence-corrected chi connectivity index (χ4v) is 2.48. The van der Waals surface area contributed by atoms with Gasteiger partial charge in [-0.3, -0.25) is 10.1 Å². The van der Waals surface area contributed by atoms with Crippen LogP contribution in [0.1, 0.15) is 19.4 Å². The van der Waals surface area contributed by atoms with E-state index in [1.54, 1.807) is 13.0 Å². The highest BCUT2D eigenvalue weighted by molar-refractivity contribution is 6.37. The van der Waals surface area contributed by atoms with Gasteiger partial charge in [-0.1, -0.05) is 23.2 Å². The Kier molecular flexibility index (Phi) is 4.93. The van der Waals surface area contributed by atoms with Gasteiger partial charge in [-0.15, -0.1) is 0 Å². The number of nitro groups is 1. The second-order valence-corrected chi connectivity index (χ2v) is 4.81. The first kappa shape index (κ1) is 16.2. The fourth-order valence-electron chi connectivity index (χ4n) is 1.62. The van der Waals surface area contributed by atoms with Gasteiger partial charge in [0, 0.05) is 17.7 Å². The van der Waals surface area contributed by atoms with Crippen molar-refractivity contribution in [3.8, 4) is 6.07 Å². The van der Waals surface area contributed by atoms with Crippen molar-refractivity contribution < 1.29 is 14.5 Å². The van der Waals surface area contributed by atoms with Crippen LogP contribution in [-0.2, 0) is 14.9 Å². The quantitative estimate of drug-likeness (QED) is 0.483. The third kappa shape index (κ3) is 2.84. The summed E-state index contributed by atoms with van der Waals surface area (Å²) in [5.41, 5.74) is -2.07. The molecular weight excluding hydrogens is 307 g/mol. The summed E-state index contributed by atoms with van der Waals surface area (Å²) in [6, 6.07) is 3.87. The first-order valence-electron chi connectivity index (χ1n) is 5.50. The second kappa shape index (κ2) is 6.07. The van der Waals surface area contributed by atoms with Crippen LogP contribution in [0, 0.1) is 21.4 Å². The predicted octanol–water partition coefficient (Wildman–Crippen LogP) is 3.25. The molecule has 1 aromatic carbocycles. The zero-order valence-corrected chi connectivity index (χ0v) is 12.2. The summed E-state index contributed by atoms with van der Waals surface area (Å²) in [5, 5.41) is 19.7. The summed E-state index contributed by atoms with van der Waals surface area (Å²) >= 11 is 11.9. The lowest BCUT2D eigenvalue weighted by Crippen LogP contribution is -2.33. The summed E-state index contributed by atoms with van der Waals surface area (Å²) in [4.78, 5) is 22.0. The smallest absolute Gasteiger partial charge is 0.330 e. The Labute approximate surface area is 125 Å². The lowest BCUT2D eigenvalue weighted by molar-refractivity contribution is -0.384. The highest BCUT2D eigenvalue weighted by atomic mass is 35.5. The molecule has 0 N–H and O–H groups in total. The van der Waals surface area contributed by atoms with Gasteiger partial charge in [0.2, 0.25) is 0 Å². The largest absolute Gasteiger partial charge is 0.465 e. The van der Waals surface area contributed by atoms with E-state index in [2.05, 4.69) is 0 Å². The van der Waals surface area contributed by atoms with Crippen LogP contribution in [0.2, 0.25) is 10.0 Å². The SMILES string of the molecule is CCOC(=O)C(C)(C#N)c1c(Cl)cc([N+](=O)[O-])cc1Cl. The maximum absolute atomic E-state index is 11.9. The Morgan fingerprint density at radius 3 is 2.35 bits per heavy atom. The molecule has 0 aliphatic carbocycles. The summed E-state index contributed by atoms with van der Waals surface area (Å²) < 4.78 is 4.83. The highest BCUT2D eigenvalue weighted by Crippen LogP contribution is 2.39.